The van der Waals surface area contributed by atoms with Crippen molar-refractivity contribution in [3.63, 3.8) is 0 Å². The van der Waals surface area contributed by atoms with E-state index < -0.39 is 12.0 Å². The molecule has 1 heterocycles. The molecule has 8 heteroatoms. The van der Waals surface area contributed by atoms with E-state index >= 15 is 0 Å². The second-order valence-corrected chi connectivity index (χ2v) is 11.1. The molecule has 0 aromatic heterocycles. The molecule has 0 saturated heterocycles. The van der Waals surface area contributed by atoms with Gasteiger partial charge in [0.25, 0.3) is 0 Å². The number of aliphatic hydroxyl groups excluding tert-OH is 2. The van der Waals surface area contributed by atoms with Gasteiger partial charge in [0.05, 0.1) is 12.7 Å². The van der Waals surface area contributed by atoms with Crippen molar-refractivity contribution >= 4 is 64.9 Å². The van der Waals surface area contributed by atoms with E-state index in [1.54, 1.807) is 18.2 Å². The number of halogens is 3. The molecule has 1 aliphatic rings. The molecule has 184 valence electrons. The van der Waals surface area contributed by atoms with E-state index in [-0.39, 0.29) is 13.4 Å². The zero-order chi connectivity index (χ0) is 25.2. The van der Waals surface area contributed by atoms with Crippen molar-refractivity contribution in [2.75, 3.05) is 18.3 Å². The molecule has 0 amide bonds. The van der Waals surface area contributed by atoms with Gasteiger partial charge < -0.3 is 24.6 Å². The summed E-state index contributed by atoms with van der Waals surface area (Å²) in [4.78, 5) is 2.12. The molecular weight excluding hydrogens is 654 g/mol. The summed E-state index contributed by atoms with van der Waals surface area (Å²) < 4.78 is 13.7. The number of ether oxygens (including phenoxy) is 2. The molecular formula is C28H22Br3NO4. The molecule has 4 aromatic carbocycles. The number of fused-ring (bicyclic) bond motifs is 1. The van der Waals surface area contributed by atoms with Crippen LogP contribution < -0.4 is 14.4 Å². The van der Waals surface area contributed by atoms with Gasteiger partial charge >= 0.3 is 0 Å². The summed E-state index contributed by atoms with van der Waals surface area (Å²) in [6.45, 7) is -0.100. The molecule has 5 rings (SSSR count). The van der Waals surface area contributed by atoms with Crippen LogP contribution >= 0.6 is 47.8 Å². The van der Waals surface area contributed by atoms with Crippen molar-refractivity contribution in [3.05, 3.63) is 109 Å². The minimum absolute atomic E-state index is 0.156. The lowest BCUT2D eigenvalue weighted by Gasteiger charge is -2.31. The number of hydrogen-bond donors (Lipinski definition) is 2. The molecule has 0 bridgehead atoms. The third-order valence-corrected chi connectivity index (χ3v) is 7.67. The zero-order valence-electron chi connectivity index (χ0n) is 18.9. The van der Waals surface area contributed by atoms with Crippen LogP contribution in [0.25, 0.3) is 0 Å². The highest BCUT2D eigenvalue weighted by Crippen LogP contribution is 2.45. The maximum atomic E-state index is 11.5. The summed E-state index contributed by atoms with van der Waals surface area (Å²) in [5, 5.41) is 22.0. The lowest BCUT2D eigenvalue weighted by molar-refractivity contribution is 0.107. The first kappa shape index (κ1) is 25.3. The van der Waals surface area contributed by atoms with Crippen molar-refractivity contribution in [2.45, 2.75) is 12.0 Å². The molecule has 0 unspecified atom stereocenters. The van der Waals surface area contributed by atoms with Gasteiger partial charge in [-0.25, -0.2) is 0 Å². The SMILES string of the molecule is OC[C@H](c1cc(Br)ccc1N(c1ccc(Br)cc1)c1ccc(Br)cc1)[C@H](O)c1ccc2c(c1)OCO2. The molecule has 36 heavy (non-hydrogen) atoms. The first-order chi connectivity index (χ1) is 17.4. The van der Waals surface area contributed by atoms with E-state index in [1.807, 2.05) is 66.7 Å². The lowest BCUT2D eigenvalue weighted by Crippen LogP contribution is -2.19. The minimum atomic E-state index is -0.978. The van der Waals surface area contributed by atoms with Crippen molar-refractivity contribution in [1.82, 2.24) is 0 Å². The Kier molecular flexibility index (Phi) is 7.69. The van der Waals surface area contributed by atoms with Crippen molar-refractivity contribution in [2.24, 2.45) is 0 Å². The van der Waals surface area contributed by atoms with Crippen LogP contribution in [0.15, 0.2) is 98.3 Å². The molecule has 2 N–H and O–H groups in total. The van der Waals surface area contributed by atoms with Crippen molar-refractivity contribution in [1.29, 1.82) is 0 Å². The first-order valence-corrected chi connectivity index (χ1v) is 13.6. The number of nitrogens with zero attached hydrogens (tertiary/aromatic N) is 1. The molecule has 0 spiro atoms. The van der Waals surface area contributed by atoms with Gasteiger partial charge in [-0.2, -0.15) is 0 Å². The van der Waals surface area contributed by atoms with Crippen LogP contribution in [0.4, 0.5) is 17.1 Å². The zero-order valence-corrected chi connectivity index (χ0v) is 23.7. The van der Waals surface area contributed by atoms with Crippen LogP contribution in [0, 0.1) is 0 Å². The Bertz CT molecular complexity index is 1320. The van der Waals surface area contributed by atoms with Crippen LogP contribution in [-0.4, -0.2) is 23.6 Å². The van der Waals surface area contributed by atoms with Gasteiger partial charge in [0.2, 0.25) is 6.79 Å². The summed E-state index contributed by atoms with van der Waals surface area (Å²) in [7, 11) is 0. The Labute approximate surface area is 234 Å². The number of anilines is 3. The first-order valence-electron chi connectivity index (χ1n) is 11.2. The van der Waals surface area contributed by atoms with Gasteiger partial charge in [-0.1, -0.05) is 53.9 Å². The van der Waals surface area contributed by atoms with Gasteiger partial charge in [0.1, 0.15) is 0 Å². The van der Waals surface area contributed by atoms with E-state index in [0.717, 1.165) is 36.0 Å². The Morgan fingerprint density at radius 2 is 1.31 bits per heavy atom. The molecule has 0 radical (unpaired) electrons. The van der Waals surface area contributed by atoms with Gasteiger partial charge in [-0.05, 0) is 90.0 Å². The van der Waals surface area contributed by atoms with Gasteiger partial charge in [0.15, 0.2) is 11.5 Å². The fraction of sp³-hybridized carbons (Fsp3) is 0.143. The maximum absolute atomic E-state index is 11.5. The predicted octanol–water partition coefficient (Wildman–Crippen LogP) is 7.98. The van der Waals surface area contributed by atoms with E-state index in [4.69, 9.17) is 9.47 Å². The number of hydrogen-bond acceptors (Lipinski definition) is 5. The molecule has 5 nitrogen and oxygen atoms in total. The van der Waals surface area contributed by atoms with Gasteiger partial charge in [-0.15, -0.1) is 0 Å². The highest BCUT2D eigenvalue weighted by molar-refractivity contribution is 9.11. The van der Waals surface area contributed by atoms with E-state index in [1.165, 1.54) is 0 Å². The minimum Gasteiger partial charge on any atom is -0.454 e. The fourth-order valence-electron chi connectivity index (χ4n) is 4.33. The Balaban J connectivity index is 1.63. The molecule has 2 atom stereocenters. The topological polar surface area (TPSA) is 62.2 Å². The summed E-state index contributed by atoms with van der Waals surface area (Å²) >= 11 is 10.6. The van der Waals surface area contributed by atoms with E-state index in [9.17, 15) is 10.2 Å². The number of benzene rings is 4. The number of rotatable bonds is 7. The van der Waals surface area contributed by atoms with E-state index in [2.05, 4.69) is 52.7 Å². The van der Waals surface area contributed by atoms with Crippen LogP contribution in [0.1, 0.15) is 23.1 Å². The third kappa shape index (κ3) is 5.19. The molecule has 4 aromatic rings. The summed E-state index contributed by atoms with van der Waals surface area (Å²) in [6, 6.07) is 27.4. The van der Waals surface area contributed by atoms with Crippen LogP contribution in [0.2, 0.25) is 0 Å². The van der Waals surface area contributed by atoms with Crippen molar-refractivity contribution < 1.29 is 19.7 Å². The molecule has 0 fully saturated rings. The van der Waals surface area contributed by atoms with Crippen molar-refractivity contribution in [3.8, 4) is 11.5 Å². The Morgan fingerprint density at radius 1 is 0.722 bits per heavy atom. The molecule has 1 aliphatic heterocycles. The van der Waals surface area contributed by atoms with Crippen LogP contribution in [-0.2, 0) is 0 Å². The Hall–Kier alpha value is -2.36. The molecule has 0 aliphatic carbocycles. The Morgan fingerprint density at radius 3 is 1.92 bits per heavy atom. The lowest BCUT2D eigenvalue weighted by atomic mass is 9.88. The second kappa shape index (κ2) is 10.9. The monoisotopic (exact) mass is 673 g/mol. The maximum Gasteiger partial charge on any atom is 0.231 e. The average molecular weight is 676 g/mol. The summed E-state index contributed by atoms with van der Waals surface area (Å²) in [5.41, 5.74) is 4.17. The van der Waals surface area contributed by atoms with Crippen LogP contribution in [0.5, 0.6) is 11.5 Å². The summed E-state index contributed by atoms with van der Waals surface area (Å²) in [6.07, 6.45) is -0.978. The quantitative estimate of drug-likeness (QED) is 0.208. The van der Waals surface area contributed by atoms with Gasteiger partial charge in [0, 0.05) is 36.4 Å². The summed E-state index contributed by atoms with van der Waals surface area (Å²) in [5.74, 6) is 0.627. The smallest absolute Gasteiger partial charge is 0.231 e. The van der Waals surface area contributed by atoms with Crippen LogP contribution in [0.3, 0.4) is 0 Å². The largest absolute Gasteiger partial charge is 0.454 e. The van der Waals surface area contributed by atoms with E-state index in [0.29, 0.717) is 17.1 Å². The highest BCUT2D eigenvalue weighted by Gasteiger charge is 2.29. The predicted molar refractivity (Wildman–Crippen MR) is 152 cm³/mol. The third-order valence-electron chi connectivity index (χ3n) is 6.12. The van der Waals surface area contributed by atoms with Gasteiger partial charge in [-0.3, -0.25) is 0 Å². The molecule has 0 saturated carbocycles. The fourth-order valence-corrected chi connectivity index (χ4v) is 5.24. The highest BCUT2D eigenvalue weighted by atomic mass is 79.9. The second-order valence-electron chi connectivity index (χ2n) is 8.34. The average Bonchev–Trinajstić information content (AvgIpc) is 3.36. The standard InChI is InChI=1S/C28H22Br3NO4/c29-18-2-7-21(8-3-18)32(22-9-4-19(30)5-10-22)25-11-6-20(31)14-23(25)24(15-33)28(34)17-1-12-26-27(13-17)36-16-35-26/h1-14,24,28,33-34H,15-16H2/t24-,28-/m1/s1. The number of aliphatic hydroxyl groups is 2. The normalized spacial score (nSPS) is 13.9.